The standard InChI is InChI=1S/C13H25N5O/c1-14-9-12-10-18(16-15-12)7-6-17(2)11-13-5-3-4-8-19-13/h10,13-14H,3-9,11H2,1-2H3. The smallest absolute Gasteiger partial charge is 0.0964 e. The van der Waals surface area contributed by atoms with Crippen LogP contribution in [0.2, 0.25) is 0 Å². The second-order valence-corrected chi connectivity index (χ2v) is 5.25. The van der Waals surface area contributed by atoms with Crippen molar-refractivity contribution in [2.24, 2.45) is 0 Å². The van der Waals surface area contributed by atoms with Crippen LogP contribution in [0.3, 0.4) is 0 Å². The maximum Gasteiger partial charge on any atom is 0.0964 e. The average Bonchev–Trinajstić information content (AvgIpc) is 2.86. The summed E-state index contributed by atoms with van der Waals surface area (Å²) in [5, 5.41) is 11.3. The average molecular weight is 267 g/mol. The minimum atomic E-state index is 0.411. The van der Waals surface area contributed by atoms with Crippen molar-refractivity contribution >= 4 is 0 Å². The number of aromatic nitrogens is 3. The van der Waals surface area contributed by atoms with E-state index in [0.717, 1.165) is 38.5 Å². The largest absolute Gasteiger partial charge is 0.377 e. The highest BCUT2D eigenvalue weighted by atomic mass is 16.5. The first-order chi connectivity index (χ1) is 9.28. The molecule has 2 rings (SSSR count). The number of nitrogens with one attached hydrogen (secondary N) is 1. The van der Waals surface area contributed by atoms with E-state index in [1.165, 1.54) is 19.3 Å². The second-order valence-electron chi connectivity index (χ2n) is 5.25. The van der Waals surface area contributed by atoms with E-state index in [4.69, 9.17) is 4.74 Å². The third kappa shape index (κ3) is 4.89. The quantitative estimate of drug-likeness (QED) is 0.779. The summed E-state index contributed by atoms with van der Waals surface area (Å²) < 4.78 is 7.66. The maximum absolute atomic E-state index is 5.75. The van der Waals surface area contributed by atoms with Crippen LogP contribution in [0, 0.1) is 0 Å². The van der Waals surface area contributed by atoms with Gasteiger partial charge in [-0.05, 0) is 33.4 Å². The fourth-order valence-corrected chi connectivity index (χ4v) is 2.37. The Hall–Kier alpha value is -0.980. The zero-order chi connectivity index (χ0) is 13.5. The molecule has 1 aromatic rings. The van der Waals surface area contributed by atoms with E-state index >= 15 is 0 Å². The Morgan fingerprint density at radius 3 is 3.16 bits per heavy atom. The van der Waals surface area contributed by atoms with Crippen molar-refractivity contribution in [1.29, 1.82) is 0 Å². The predicted molar refractivity (Wildman–Crippen MR) is 73.9 cm³/mol. The molecule has 0 radical (unpaired) electrons. The van der Waals surface area contributed by atoms with Crippen molar-refractivity contribution in [2.75, 3.05) is 33.8 Å². The van der Waals surface area contributed by atoms with Crippen molar-refractivity contribution in [3.63, 3.8) is 0 Å². The maximum atomic E-state index is 5.75. The Labute approximate surface area is 115 Å². The monoisotopic (exact) mass is 267 g/mol. The molecule has 1 aromatic heterocycles. The first-order valence-electron chi connectivity index (χ1n) is 7.11. The fraction of sp³-hybridized carbons (Fsp3) is 0.846. The first kappa shape index (κ1) is 14.4. The van der Waals surface area contributed by atoms with Gasteiger partial charge in [0.15, 0.2) is 0 Å². The lowest BCUT2D eigenvalue weighted by molar-refractivity contribution is -0.00194. The normalized spacial score (nSPS) is 20.1. The molecule has 0 amide bonds. The molecule has 2 heterocycles. The van der Waals surface area contributed by atoms with Crippen molar-refractivity contribution in [1.82, 2.24) is 25.2 Å². The van der Waals surface area contributed by atoms with Gasteiger partial charge in [-0.15, -0.1) is 5.10 Å². The lowest BCUT2D eigenvalue weighted by atomic mass is 10.1. The van der Waals surface area contributed by atoms with E-state index in [2.05, 4.69) is 27.6 Å². The number of ether oxygens (including phenoxy) is 1. The fourth-order valence-electron chi connectivity index (χ4n) is 2.37. The Morgan fingerprint density at radius 2 is 2.42 bits per heavy atom. The van der Waals surface area contributed by atoms with Gasteiger partial charge in [-0.2, -0.15) is 0 Å². The summed E-state index contributed by atoms with van der Waals surface area (Å²) in [7, 11) is 4.06. The van der Waals surface area contributed by atoms with Gasteiger partial charge in [-0.1, -0.05) is 5.21 Å². The van der Waals surface area contributed by atoms with E-state index in [1.807, 2.05) is 17.9 Å². The van der Waals surface area contributed by atoms with Gasteiger partial charge in [0, 0.05) is 32.4 Å². The number of hydrogen-bond donors (Lipinski definition) is 1. The highest BCUT2D eigenvalue weighted by molar-refractivity contribution is 4.91. The number of likely N-dealkylation sites (N-methyl/N-ethyl adjacent to an activating group) is 1. The molecule has 6 heteroatoms. The lowest BCUT2D eigenvalue weighted by Gasteiger charge is -2.27. The van der Waals surface area contributed by atoms with Crippen molar-refractivity contribution in [2.45, 2.75) is 38.5 Å². The van der Waals surface area contributed by atoms with Gasteiger partial charge in [0.05, 0.1) is 18.3 Å². The van der Waals surface area contributed by atoms with Crippen LogP contribution in [0.25, 0.3) is 0 Å². The summed E-state index contributed by atoms with van der Waals surface area (Å²) in [6, 6.07) is 0. The Kier molecular flexibility index (Phi) is 5.75. The van der Waals surface area contributed by atoms with Crippen LogP contribution < -0.4 is 5.32 Å². The summed E-state index contributed by atoms with van der Waals surface area (Å²) in [5.41, 5.74) is 0.987. The molecule has 1 N–H and O–H groups in total. The highest BCUT2D eigenvalue weighted by Crippen LogP contribution is 2.13. The van der Waals surface area contributed by atoms with Gasteiger partial charge >= 0.3 is 0 Å². The SMILES string of the molecule is CNCc1cn(CCN(C)CC2CCCCO2)nn1. The van der Waals surface area contributed by atoms with Crippen LogP contribution in [0.1, 0.15) is 25.0 Å². The summed E-state index contributed by atoms with van der Waals surface area (Å²) in [4.78, 5) is 2.31. The molecule has 108 valence electrons. The van der Waals surface area contributed by atoms with Gasteiger partial charge in [0.2, 0.25) is 0 Å². The van der Waals surface area contributed by atoms with E-state index in [0.29, 0.717) is 6.10 Å². The number of hydrogen-bond acceptors (Lipinski definition) is 5. The van der Waals surface area contributed by atoms with Crippen LogP contribution in [0.4, 0.5) is 0 Å². The van der Waals surface area contributed by atoms with Crippen LogP contribution in [-0.4, -0.2) is 59.8 Å². The van der Waals surface area contributed by atoms with E-state index in [-0.39, 0.29) is 0 Å². The molecule has 6 nitrogen and oxygen atoms in total. The van der Waals surface area contributed by atoms with Crippen LogP contribution >= 0.6 is 0 Å². The van der Waals surface area contributed by atoms with Crippen molar-refractivity contribution in [3.8, 4) is 0 Å². The molecule has 0 spiro atoms. The lowest BCUT2D eigenvalue weighted by Crippen LogP contribution is -2.35. The Balaban J connectivity index is 1.68. The molecule has 19 heavy (non-hydrogen) atoms. The summed E-state index contributed by atoms with van der Waals surface area (Å²) in [5.74, 6) is 0. The molecule has 1 aliphatic rings. The minimum Gasteiger partial charge on any atom is -0.377 e. The van der Waals surface area contributed by atoms with E-state index in [9.17, 15) is 0 Å². The summed E-state index contributed by atoms with van der Waals surface area (Å²) >= 11 is 0. The molecule has 0 aliphatic carbocycles. The number of nitrogens with zero attached hydrogens (tertiary/aromatic N) is 4. The van der Waals surface area contributed by atoms with Gasteiger partial charge < -0.3 is 15.0 Å². The van der Waals surface area contributed by atoms with Crippen LogP contribution in [-0.2, 0) is 17.8 Å². The molecular formula is C13H25N5O. The second kappa shape index (κ2) is 7.57. The zero-order valence-corrected chi connectivity index (χ0v) is 12.0. The highest BCUT2D eigenvalue weighted by Gasteiger charge is 2.15. The summed E-state index contributed by atoms with van der Waals surface area (Å²) in [6.07, 6.45) is 6.12. The molecular weight excluding hydrogens is 242 g/mol. The predicted octanol–water partition coefficient (Wildman–Crippen LogP) is 0.498. The van der Waals surface area contributed by atoms with Crippen LogP contribution in [0.15, 0.2) is 6.20 Å². The molecule has 1 unspecified atom stereocenters. The molecule has 0 aromatic carbocycles. The molecule has 1 fully saturated rings. The minimum absolute atomic E-state index is 0.411. The van der Waals surface area contributed by atoms with Crippen molar-refractivity contribution in [3.05, 3.63) is 11.9 Å². The third-order valence-electron chi connectivity index (χ3n) is 3.44. The summed E-state index contributed by atoms with van der Waals surface area (Å²) in [6.45, 7) is 4.56. The first-order valence-corrected chi connectivity index (χ1v) is 7.11. The van der Waals surface area contributed by atoms with E-state index < -0.39 is 0 Å². The van der Waals surface area contributed by atoms with Gasteiger partial charge in [0.25, 0.3) is 0 Å². The molecule has 1 atom stereocenters. The van der Waals surface area contributed by atoms with Gasteiger partial charge in [-0.3, -0.25) is 4.68 Å². The zero-order valence-electron chi connectivity index (χ0n) is 12.0. The topological polar surface area (TPSA) is 55.2 Å². The molecule has 0 saturated carbocycles. The molecule has 1 aliphatic heterocycles. The van der Waals surface area contributed by atoms with Crippen molar-refractivity contribution < 1.29 is 4.74 Å². The third-order valence-corrected chi connectivity index (χ3v) is 3.44. The molecule has 1 saturated heterocycles. The van der Waals surface area contributed by atoms with E-state index in [1.54, 1.807) is 0 Å². The Morgan fingerprint density at radius 1 is 1.53 bits per heavy atom. The number of rotatable bonds is 7. The van der Waals surface area contributed by atoms with Gasteiger partial charge in [-0.25, -0.2) is 0 Å². The van der Waals surface area contributed by atoms with Crippen LogP contribution in [0.5, 0.6) is 0 Å². The Bertz CT molecular complexity index is 362. The molecule has 0 bridgehead atoms. The van der Waals surface area contributed by atoms with Gasteiger partial charge in [0.1, 0.15) is 0 Å².